The molecule has 2 saturated carbocycles. The molecular weight excluding hydrogens is 488 g/mol. The van der Waals surface area contributed by atoms with Gasteiger partial charge in [0, 0.05) is 30.3 Å². The number of anilines is 1. The number of nitrogens with one attached hydrogen (secondary N) is 4. The minimum Gasteiger partial charge on any atom is -0.493 e. The molecule has 3 fully saturated rings. The van der Waals surface area contributed by atoms with Gasteiger partial charge in [0.2, 0.25) is 17.7 Å². The Bertz CT molecular complexity index is 1470. The summed E-state index contributed by atoms with van der Waals surface area (Å²) in [6, 6.07) is 0.631. The van der Waals surface area contributed by atoms with E-state index < -0.39 is 5.69 Å². The number of hydrogen-bond acceptors (Lipinski definition) is 9. The minimum atomic E-state index is -0.495. The smallest absolute Gasteiger partial charge is 0.326 e. The highest BCUT2D eigenvalue weighted by atomic mass is 16.3. The van der Waals surface area contributed by atoms with E-state index in [0.717, 1.165) is 58.2 Å². The summed E-state index contributed by atoms with van der Waals surface area (Å²) in [7, 11) is 0. The summed E-state index contributed by atoms with van der Waals surface area (Å²) in [5.74, 6) is 0.370. The lowest BCUT2D eigenvalue weighted by Gasteiger charge is -2.29. The third-order valence-corrected chi connectivity index (χ3v) is 7.54. The summed E-state index contributed by atoms with van der Waals surface area (Å²) in [6.45, 7) is 3.07. The predicted molar refractivity (Wildman–Crippen MR) is 139 cm³/mol. The molecule has 1 saturated heterocycles. The molecule has 6 rings (SSSR count). The first-order valence-electron chi connectivity index (χ1n) is 13.6. The first-order valence-corrected chi connectivity index (χ1v) is 13.6. The van der Waals surface area contributed by atoms with Crippen LogP contribution in [0.25, 0.3) is 11.7 Å². The molecule has 0 atom stereocenters. The van der Waals surface area contributed by atoms with Crippen molar-refractivity contribution in [1.82, 2.24) is 39.8 Å². The molecule has 4 heterocycles. The van der Waals surface area contributed by atoms with Crippen LogP contribution in [0.2, 0.25) is 0 Å². The van der Waals surface area contributed by atoms with Crippen LogP contribution in [0.4, 0.5) is 5.95 Å². The van der Waals surface area contributed by atoms with Gasteiger partial charge < -0.3 is 25.6 Å². The number of rotatable bonds is 8. The number of hydrogen-bond donors (Lipinski definition) is 5. The second-order valence-electron chi connectivity index (χ2n) is 10.6. The van der Waals surface area contributed by atoms with Crippen LogP contribution < -0.4 is 27.2 Å². The van der Waals surface area contributed by atoms with Crippen LogP contribution in [-0.2, 0) is 4.79 Å². The number of likely N-dealkylation sites (tertiary alicyclic amines) is 1. The van der Waals surface area contributed by atoms with E-state index in [4.69, 9.17) is 9.98 Å². The van der Waals surface area contributed by atoms with Crippen molar-refractivity contribution in [3.05, 3.63) is 33.2 Å². The highest BCUT2D eigenvalue weighted by Crippen LogP contribution is 2.23. The monoisotopic (exact) mass is 522 g/mol. The van der Waals surface area contributed by atoms with Crippen LogP contribution in [0.15, 0.2) is 16.0 Å². The Morgan fingerprint density at radius 2 is 1.87 bits per heavy atom. The summed E-state index contributed by atoms with van der Waals surface area (Å²) in [6.07, 6.45) is 11.9. The number of carbonyl (C=O) groups is 1. The number of imidazole rings is 1. The molecule has 38 heavy (non-hydrogen) atoms. The van der Waals surface area contributed by atoms with Gasteiger partial charge in [-0.05, 0) is 70.5 Å². The minimum absolute atomic E-state index is 0.146. The van der Waals surface area contributed by atoms with E-state index >= 15 is 0 Å². The number of aromatic nitrogens is 6. The Kier molecular flexibility index (Phi) is 6.83. The topological polar surface area (TPSA) is 169 Å². The van der Waals surface area contributed by atoms with Crippen LogP contribution in [0.1, 0.15) is 63.5 Å². The molecule has 3 aromatic heterocycles. The van der Waals surface area contributed by atoms with Crippen molar-refractivity contribution in [2.45, 2.75) is 75.9 Å². The van der Waals surface area contributed by atoms with Crippen LogP contribution in [0.3, 0.4) is 0 Å². The molecule has 0 radical (unpaired) electrons. The first-order chi connectivity index (χ1) is 18.5. The van der Waals surface area contributed by atoms with Crippen LogP contribution in [-0.4, -0.2) is 83.2 Å². The predicted octanol–water partition coefficient (Wildman–Crippen LogP) is -0.218. The molecule has 3 aliphatic rings. The fourth-order valence-corrected chi connectivity index (χ4v) is 5.28. The van der Waals surface area contributed by atoms with Gasteiger partial charge in [-0.15, -0.1) is 0 Å². The lowest BCUT2D eigenvalue weighted by molar-refractivity contribution is -0.122. The van der Waals surface area contributed by atoms with E-state index in [-0.39, 0.29) is 35.6 Å². The first kappa shape index (κ1) is 24.6. The van der Waals surface area contributed by atoms with E-state index in [9.17, 15) is 14.7 Å². The number of aromatic amines is 2. The third kappa shape index (κ3) is 5.72. The SMILES string of the molecule is O=C(CCN1CCCC1)NC1CCC(Nc2nc(=NC3CC3)n3nc/c(=C/c4[nH]c(=O)[nH]c4O)c3n2)CC1. The number of aromatic hydroxyl groups is 1. The second kappa shape index (κ2) is 10.6. The van der Waals surface area contributed by atoms with Crippen molar-refractivity contribution < 1.29 is 9.90 Å². The number of nitrogens with zero attached hydrogens (tertiary/aromatic N) is 6. The molecule has 3 aromatic rings. The van der Waals surface area contributed by atoms with Gasteiger partial charge in [-0.1, -0.05) is 0 Å². The molecule has 0 unspecified atom stereocenters. The molecule has 1 amide bonds. The Labute approximate surface area is 218 Å². The number of carbonyl (C=O) groups excluding carboxylic acids is 1. The summed E-state index contributed by atoms with van der Waals surface area (Å²) in [5, 5.41) is 21.7. The molecule has 5 N–H and O–H groups in total. The van der Waals surface area contributed by atoms with Gasteiger partial charge >= 0.3 is 5.69 Å². The quantitative estimate of drug-likeness (QED) is 0.271. The zero-order valence-corrected chi connectivity index (χ0v) is 21.3. The standard InChI is InChI=1S/C25H34N10O3/c36-20(9-12-34-10-1-2-11-34)27-16-3-5-17(6-4-16)28-23-31-21-15(13-19-22(37)32-25(38)30-19)14-26-35(21)24(33-23)29-18-7-8-18/h13-14,16-18,37H,1-12H2,(H,27,36)(H,28,29,33)(H2,30,32,38)/b15-13-. The molecule has 2 aliphatic carbocycles. The van der Waals surface area contributed by atoms with Gasteiger partial charge in [-0.25, -0.2) is 9.79 Å². The van der Waals surface area contributed by atoms with Gasteiger partial charge in [-0.3, -0.25) is 9.78 Å². The third-order valence-electron chi connectivity index (χ3n) is 7.54. The van der Waals surface area contributed by atoms with Crippen molar-refractivity contribution in [3.8, 4) is 5.88 Å². The average molecular weight is 523 g/mol. The highest BCUT2D eigenvalue weighted by Gasteiger charge is 2.24. The highest BCUT2D eigenvalue weighted by molar-refractivity contribution is 5.76. The summed E-state index contributed by atoms with van der Waals surface area (Å²) in [5.41, 5.74) is 0.761. The van der Waals surface area contributed by atoms with E-state index in [1.165, 1.54) is 12.8 Å². The Balaban J connectivity index is 1.14. The summed E-state index contributed by atoms with van der Waals surface area (Å²) < 4.78 is 1.59. The number of fused-ring (bicyclic) bond motifs is 1. The van der Waals surface area contributed by atoms with Gasteiger partial charge in [0.1, 0.15) is 5.69 Å². The fourth-order valence-electron chi connectivity index (χ4n) is 5.28. The van der Waals surface area contributed by atoms with Crippen molar-refractivity contribution in [2.24, 2.45) is 4.99 Å². The largest absolute Gasteiger partial charge is 0.493 e. The van der Waals surface area contributed by atoms with Crippen molar-refractivity contribution in [2.75, 3.05) is 25.0 Å². The number of H-pyrrole nitrogens is 2. The summed E-state index contributed by atoms with van der Waals surface area (Å²) >= 11 is 0. The number of amides is 1. The molecule has 1 aliphatic heterocycles. The van der Waals surface area contributed by atoms with E-state index in [1.807, 2.05) is 0 Å². The molecule has 0 spiro atoms. The lowest BCUT2D eigenvalue weighted by Crippen LogP contribution is -2.41. The van der Waals surface area contributed by atoms with Crippen LogP contribution >= 0.6 is 0 Å². The second-order valence-corrected chi connectivity index (χ2v) is 10.6. The Hall–Kier alpha value is -3.74. The van der Waals surface area contributed by atoms with Crippen molar-refractivity contribution in [1.29, 1.82) is 0 Å². The van der Waals surface area contributed by atoms with Crippen molar-refractivity contribution in [3.63, 3.8) is 0 Å². The fraction of sp³-hybridized carbons (Fsp3) is 0.600. The normalized spacial score (nSPS) is 23.4. The van der Waals surface area contributed by atoms with Crippen molar-refractivity contribution >= 4 is 23.6 Å². The van der Waals surface area contributed by atoms with Gasteiger partial charge in [0.15, 0.2) is 5.65 Å². The average Bonchev–Trinajstić information content (AvgIpc) is 3.24. The van der Waals surface area contributed by atoms with Crippen LogP contribution in [0, 0.1) is 0 Å². The maximum absolute atomic E-state index is 12.4. The lowest BCUT2D eigenvalue weighted by atomic mass is 9.91. The van der Waals surface area contributed by atoms with E-state index in [2.05, 4.69) is 35.6 Å². The summed E-state index contributed by atoms with van der Waals surface area (Å²) in [4.78, 5) is 45.3. The van der Waals surface area contributed by atoms with E-state index in [1.54, 1.807) is 16.8 Å². The Morgan fingerprint density at radius 1 is 1.11 bits per heavy atom. The van der Waals surface area contributed by atoms with Gasteiger partial charge in [-0.2, -0.15) is 19.6 Å². The zero-order chi connectivity index (χ0) is 26.1. The maximum Gasteiger partial charge on any atom is 0.326 e. The molecule has 0 bridgehead atoms. The molecule has 13 heteroatoms. The maximum atomic E-state index is 12.4. The van der Waals surface area contributed by atoms with Gasteiger partial charge in [0.25, 0.3) is 5.62 Å². The van der Waals surface area contributed by atoms with Crippen LogP contribution in [0.5, 0.6) is 5.88 Å². The molecular formula is C25H34N10O3. The Morgan fingerprint density at radius 3 is 2.58 bits per heavy atom. The van der Waals surface area contributed by atoms with E-state index in [0.29, 0.717) is 28.9 Å². The molecule has 13 nitrogen and oxygen atoms in total. The zero-order valence-electron chi connectivity index (χ0n) is 21.3. The molecule has 202 valence electrons. The molecule has 0 aromatic carbocycles. The van der Waals surface area contributed by atoms with Gasteiger partial charge in [0.05, 0.1) is 12.2 Å².